The van der Waals surface area contributed by atoms with Crippen LogP contribution >= 0.6 is 0 Å². The maximum Gasteiger partial charge on any atom is 0.354 e. The highest BCUT2D eigenvalue weighted by molar-refractivity contribution is 5.87. The molecular formula is C17H20N2O4. The molecule has 2 aromatic rings. The molecule has 6 heteroatoms. The lowest BCUT2D eigenvalue weighted by atomic mass is 10.1. The SMILES string of the molecule is COc1cc(-c2cc(C(=O)O)n(C)n2)ccc1OC1CCCC1. The third-order valence-corrected chi connectivity index (χ3v) is 4.15. The van der Waals surface area contributed by atoms with E-state index in [2.05, 4.69) is 5.10 Å². The smallest absolute Gasteiger partial charge is 0.354 e. The van der Waals surface area contributed by atoms with Gasteiger partial charge < -0.3 is 14.6 Å². The van der Waals surface area contributed by atoms with Crippen molar-refractivity contribution < 1.29 is 19.4 Å². The third-order valence-electron chi connectivity index (χ3n) is 4.15. The first-order chi connectivity index (χ1) is 11.1. The van der Waals surface area contributed by atoms with Gasteiger partial charge in [0.25, 0.3) is 0 Å². The van der Waals surface area contributed by atoms with Crippen LogP contribution in [0.3, 0.4) is 0 Å². The lowest BCUT2D eigenvalue weighted by Crippen LogP contribution is -2.11. The van der Waals surface area contributed by atoms with Gasteiger partial charge in [-0.05, 0) is 49.9 Å². The van der Waals surface area contributed by atoms with Crippen LogP contribution in [-0.4, -0.2) is 34.1 Å². The predicted molar refractivity (Wildman–Crippen MR) is 85.0 cm³/mol. The molecule has 1 heterocycles. The first-order valence-electron chi connectivity index (χ1n) is 7.71. The Morgan fingerprint density at radius 3 is 2.61 bits per heavy atom. The summed E-state index contributed by atoms with van der Waals surface area (Å²) in [7, 11) is 3.21. The monoisotopic (exact) mass is 316 g/mol. The zero-order chi connectivity index (χ0) is 16.4. The van der Waals surface area contributed by atoms with Gasteiger partial charge in [0.1, 0.15) is 5.69 Å². The molecule has 0 radical (unpaired) electrons. The summed E-state index contributed by atoms with van der Waals surface area (Å²) in [6.07, 6.45) is 4.82. The molecule has 0 amide bonds. The van der Waals surface area contributed by atoms with Crippen molar-refractivity contribution in [1.29, 1.82) is 0 Å². The second-order valence-corrected chi connectivity index (χ2v) is 5.73. The number of hydrogen-bond acceptors (Lipinski definition) is 4. The van der Waals surface area contributed by atoms with Gasteiger partial charge in [0.05, 0.1) is 18.9 Å². The summed E-state index contributed by atoms with van der Waals surface area (Å²) in [4.78, 5) is 11.1. The summed E-state index contributed by atoms with van der Waals surface area (Å²) in [5, 5.41) is 13.4. The minimum absolute atomic E-state index is 0.144. The van der Waals surface area contributed by atoms with Crippen molar-refractivity contribution in [2.24, 2.45) is 7.05 Å². The van der Waals surface area contributed by atoms with E-state index in [1.165, 1.54) is 17.5 Å². The van der Waals surface area contributed by atoms with Gasteiger partial charge >= 0.3 is 5.97 Å². The molecule has 1 N–H and O–H groups in total. The molecule has 0 unspecified atom stereocenters. The molecule has 0 spiro atoms. The van der Waals surface area contributed by atoms with Gasteiger partial charge in [-0.25, -0.2) is 4.79 Å². The fourth-order valence-electron chi connectivity index (χ4n) is 2.92. The van der Waals surface area contributed by atoms with Crippen molar-refractivity contribution in [2.45, 2.75) is 31.8 Å². The van der Waals surface area contributed by atoms with Gasteiger partial charge in [-0.3, -0.25) is 4.68 Å². The highest BCUT2D eigenvalue weighted by Gasteiger charge is 2.19. The van der Waals surface area contributed by atoms with E-state index in [9.17, 15) is 4.79 Å². The first kappa shape index (κ1) is 15.4. The minimum atomic E-state index is -1.00. The highest BCUT2D eigenvalue weighted by Crippen LogP contribution is 2.35. The lowest BCUT2D eigenvalue weighted by molar-refractivity contribution is 0.0685. The van der Waals surface area contributed by atoms with Gasteiger partial charge in [0.2, 0.25) is 0 Å². The maximum atomic E-state index is 11.1. The lowest BCUT2D eigenvalue weighted by Gasteiger charge is -2.16. The van der Waals surface area contributed by atoms with Crippen molar-refractivity contribution in [3.05, 3.63) is 30.0 Å². The summed E-state index contributed by atoms with van der Waals surface area (Å²) in [6, 6.07) is 7.12. The summed E-state index contributed by atoms with van der Waals surface area (Å²) < 4.78 is 12.8. The average Bonchev–Trinajstić information content (AvgIpc) is 3.17. The van der Waals surface area contributed by atoms with Crippen molar-refractivity contribution in [1.82, 2.24) is 9.78 Å². The Morgan fingerprint density at radius 2 is 2.00 bits per heavy atom. The minimum Gasteiger partial charge on any atom is -0.493 e. The number of ether oxygens (including phenoxy) is 2. The molecule has 1 aliphatic rings. The number of carboxylic acid groups (broad SMARTS) is 1. The van der Waals surface area contributed by atoms with Gasteiger partial charge in [-0.1, -0.05) is 0 Å². The summed E-state index contributed by atoms with van der Waals surface area (Å²) in [5.74, 6) is 0.355. The van der Waals surface area contributed by atoms with Crippen LogP contribution in [0.15, 0.2) is 24.3 Å². The van der Waals surface area contributed by atoms with Crippen molar-refractivity contribution >= 4 is 5.97 Å². The number of hydrogen-bond donors (Lipinski definition) is 1. The van der Waals surface area contributed by atoms with E-state index in [0.29, 0.717) is 11.4 Å². The fourth-order valence-corrected chi connectivity index (χ4v) is 2.92. The molecule has 1 aliphatic carbocycles. The van der Waals surface area contributed by atoms with Crippen LogP contribution in [-0.2, 0) is 7.05 Å². The number of nitrogens with zero attached hydrogens (tertiary/aromatic N) is 2. The second-order valence-electron chi connectivity index (χ2n) is 5.73. The Balaban J connectivity index is 1.89. The number of aromatic nitrogens is 2. The summed E-state index contributed by atoms with van der Waals surface area (Å²) in [5.41, 5.74) is 1.53. The molecule has 0 atom stereocenters. The Kier molecular flexibility index (Phi) is 4.23. The molecule has 0 saturated heterocycles. The van der Waals surface area contributed by atoms with Crippen LogP contribution in [0.5, 0.6) is 11.5 Å². The number of rotatable bonds is 5. The summed E-state index contributed by atoms with van der Waals surface area (Å²) in [6.45, 7) is 0. The van der Waals surface area contributed by atoms with Crippen LogP contribution < -0.4 is 9.47 Å². The van der Waals surface area contributed by atoms with E-state index in [4.69, 9.17) is 14.6 Å². The molecule has 1 aromatic heterocycles. The van der Waals surface area contributed by atoms with E-state index >= 15 is 0 Å². The topological polar surface area (TPSA) is 73.6 Å². The Bertz CT molecular complexity index is 717. The molecular weight excluding hydrogens is 296 g/mol. The second kappa shape index (κ2) is 6.32. The van der Waals surface area contributed by atoms with Crippen molar-refractivity contribution in [3.8, 4) is 22.8 Å². The summed E-state index contributed by atoms with van der Waals surface area (Å²) >= 11 is 0. The first-order valence-corrected chi connectivity index (χ1v) is 7.71. The van der Waals surface area contributed by atoms with Crippen LogP contribution in [0.25, 0.3) is 11.3 Å². The van der Waals surface area contributed by atoms with Crippen LogP contribution in [0, 0.1) is 0 Å². The van der Waals surface area contributed by atoms with Crippen LogP contribution in [0.1, 0.15) is 36.2 Å². The quantitative estimate of drug-likeness (QED) is 0.917. The molecule has 3 rings (SSSR count). The number of methoxy groups -OCH3 is 1. The molecule has 0 aliphatic heterocycles. The van der Waals surface area contributed by atoms with Crippen molar-refractivity contribution in [3.63, 3.8) is 0 Å². The van der Waals surface area contributed by atoms with Gasteiger partial charge in [-0.15, -0.1) is 0 Å². The molecule has 122 valence electrons. The van der Waals surface area contributed by atoms with Crippen LogP contribution in [0.4, 0.5) is 0 Å². The van der Waals surface area contributed by atoms with Gasteiger partial charge in [0.15, 0.2) is 11.5 Å². The zero-order valence-corrected chi connectivity index (χ0v) is 13.3. The normalized spacial score (nSPS) is 14.9. The molecule has 23 heavy (non-hydrogen) atoms. The number of carbonyl (C=O) groups is 1. The molecule has 1 aromatic carbocycles. The average molecular weight is 316 g/mol. The van der Waals surface area contributed by atoms with Crippen LogP contribution in [0.2, 0.25) is 0 Å². The predicted octanol–water partition coefficient (Wildman–Crippen LogP) is 3.12. The van der Waals surface area contributed by atoms with E-state index in [1.54, 1.807) is 20.2 Å². The van der Waals surface area contributed by atoms with Gasteiger partial charge in [0, 0.05) is 12.6 Å². The Hall–Kier alpha value is -2.50. The Labute approximate surface area is 134 Å². The molecule has 6 nitrogen and oxygen atoms in total. The van der Waals surface area contributed by atoms with E-state index in [1.807, 2.05) is 18.2 Å². The maximum absolute atomic E-state index is 11.1. The standard InChI is InChI=1S/C17H20N2O4/c1-19-14(17(20)21)10-13(18-19)11-7-8-15(16(9-11)22-2)23-12-5-3-4-6-12/h7-10,12H,3-6H2,1-2H3,(H,20,21). The zero-order valence-electron chi connectivity index (χ0n) is 13.3. The molecule has 1 fully saturated rings. The largest absolute Gasteiger partial charge is 0.493 e. The van der Waals surface area contributed by atoms with E-state index in [-0.39, 0.29) is 11.8 Å². The molecule has 1 saturated carbocycles. The van der Waals surface area contributed by atoms with Gasteiger partial charge in [-0.2, -0.15) is 5.10 Å². The van der Waals surface area contributed by atoms with Crippen molar-refractivity contribution in [2.75, 3.05) is 7.11 Å². The van der Waals surface area contributed by atoms with E-state index in [0.717, 1.165) is 24.2 Å². The molecule has 0 bridgehead atoms. The highest BCUT2D eigenvalue weighted by atomic mass is 16.5. The number of aromatic carboxylic acids is 1. The van der Waals surface area contributed by atoms with E-state index < -0.39 is 5.97 Å². The fraction of sp³-hybridized carbons (Fsp3) is 0.412. The third kappa shape index (κ3) is 3.16. The Morgan fingerprint density at radius 1 is 1.26 bits per heavy atom. The number of carboxylic acids is 1. The number of aryl methyl sites for hydroxylation is 1. The number of benzene rings is 1.